The first-order valence-corrected chi connectivity index (χ1v) is 12.6. The molecular formula is C28H44FNO7. The lowest BCUT2D eigenvalue weighted by molar-refractivity contribution is -0.162. The van der Waals surface area contributed by atoms with Crippen LogP contribution in [-0.2, 0) is 30.2 Å². The molecule has 1 amide bonds. The van der Waals surface area contributed by atoms with Crippen molar-refractivity contribution >= 4 is 18.0 Å². The van der Waals surface area contributed by atoms with Gasteiger partial charge >= 0.3 is 18.0 Å². The van der Waals surface area contributed by atoms with Crippen LogP contribution in [0.3, 0.4) is 0 Å². The van der Waals surface area contributed by atoms with Gasteiger partial charge in [-0.05, 0) is 92.9 Å². The van der Waals surface area contributed by atoms with Crippen molar-refractivity contribution in [1.82, 2.24) is 5.32 Å². The van der Waals surface area contributed by atoms with Crippen LogP contribution >= 0.6 is 0 Å². The van der Waals surface area contributed by atoms with E-state index in [-0.39, 0.29) is 19.4 Å². The largest absolute Gasteiger partial charge is 0.494 e. The van der Waals surface area contributed by atoms with E-state index in [0.29, 0.717) is 12.2 Å². The first-order valence-electron chi connectivity index (χ1n) is 12.6. The predicted molar refractivity (Wildman–Crippen MR) is 139 cm³/mol. The Bertz CT molecular complexity index is 880. The predicted octanol–water partition coefficient (Wildman–Crippen LogP) is 5.55. The quantitative estimate of drug-likeness (QED) is 0.230. The fraction of sp³-hybridized carbons (Fsp3) is 0.679. The summed E-state index contributed by atoms with van der Waals surface area (Å²) in [5, 5.41) is 2.57. The van der Waals surface area contributed by atoms with Crippen LogP contribution in [-0.4, -0.2) is 54.2 Å². The molecule has 1 aromatic carbocycles. The molecule has 2 atom stereocenters. The number of benzene rings is 1. The molecule has 1 rings (SSSR count). The first kappa shape index (κ1) is 32.2. The van der Waals surface area contributed by atoms with Crippen molar-refractivity contribution in [3.05, 3.63) is 29.8 Å². The number of hydrogen-bond acceptors (Lipinski definition) is 7. The Kier molecular flexibility index (Phi) is 11.9. The monoisotopic (exact) mass is 524 g/mol. The zero-order valence-electron chi connectivity index (χ0n) is 23.7. The van der Waals surface area contributed by atoms with Crippen LogP contribution in [0, 0.1) is 5.92 Å². The molecule has 8 nitrogen and oxygen atoms in total. The maximum absolute atomic E-state index is 13.2. The maximum Gasteiger partial charge on any atom is 0.408 e. The van der Waals surface area contributed by atoms with Gasteiger partial charge in [-0.2, -0.15) is 0 Å². The number of hydrogen-bond donors (Lipinski definition) is 1. The lowest BCUT2D eigenvalue weighted by Crippen LogP contribution is -2.48. The topological polar surface area (TPSA) is 100 Å². The van der Waals surface area contributed by atoms with Gasteiger partial charge in [0.25, 0.3) is 0 Å². The molecular weight excluding hydrogens is 480 g/mol. The van der Waals surface area contributed by atoms with E-state index >= 15 is 0 Å². The summed E-state index contributed by atoms with van der Waals surface area (Å²) in [4.78, 5) is 38.8. The molecule has 1 N–H and O–H groups in total. The highest BCUT2D eigenvalue weighted by molar-refractivity contribution is 5.83. The highest BCUT2D eigenvalue weighted by atomic mass is 18.2. The Labute approximate surface area is 220 Å². The molecule has 9 heteroatoms. The minimum atomic E-state index is -1.14. The van der Waals surface area contributed by atoms with Gasteiger partial charge in [-0.3, -0.25) is 9.18 Å². The zero-order chi connectivity index (χ0) is 28.4. The molecule has 0 heterocycles. The van der Waals surface area contributed by atoms with Crippen LogP contribution in [0.15, 0.2) is 24.3 Å². The number of rotatable bonds is 11. The van der Waals surface area contributed by atoms with Crippen molar-refractivity contribution in [2.24, 2.45) is 5.92 Å². The molecule has 0 spiro atoms. The van der Waals surface area contributed by atoms with E-state index in [1.54, 1.807) is 86.6 Å². The molecule has 210 valence electrons. The molecule has 0 saturated heterocycles. The first-order chi connectivity index (χ1) is 16.9. The number of carbonyl (C=O) groups excluding carboxylic acids is 3. The Hall–Kier alpha value is -2.84. The molecule has 0 aliphatic carbocycles. The molecule has 0 saturated carbocycles. The van der Waals surface area contributed by atoms with Gasteiger partial charge in [0.1, 0.15) is 28.6 Å². The molecule has 0 aromatic heterocycles. The van der Waals surface area contributed by atoms with E-state index < -0.39 is 53.5 Å². The van der Waals surface area contributed by atoms with Gasteiger partial charge in [0.05, 0.1) is 19.2 Å². The Morgan fingerprint density at radius 1 is 0.811 bits per heavy atom. The molecule has 0 aliphatic rings. The Balaban J connectivity index is 3.19. The standard InChI is InChI=1S/C28H44FNO7/c1-26(2,3)35-23(31)20(17-19-11-13-21(14-12-19)34-16-10-15-29)18-22(24(32)36-27(4,5)6)30-25(33)37-28(7,8)9/h11-14,20,22H,10,15-18H2,1-9H3,(H,30,33)/i29-1. The van der Waals surface area contributed by atoms with Crippen molar-refractivity contribution in [3.8, 4) is 5.75 Å². The number of ether oxygens (including phenoxy) is 4. The Morgan fingerprint density at radius 2 is 1.32 bits per heavy atom. The van der Waals surface area contributed by atoms with Crippen molar-refractivity contribution in [3.63, 3.8) is 0 Å². The van der Waals surface area contributed by atoms with Gasteiger partial charge in [-0.25, -0.2) is 9.59 Å². The van der Waals surface area contributed by atoms with Crippen LogP contribution in [0.1, 0.15) is 80.7 Å². The molecule has 2 unspecified atom stereocenters. The van der Waals surface area contributed by atoms with Crippen LogP contribution in [0.25, 0.3) is 0 Å². The fourth-order valence-corrected chi connectivity index (χ4v) is 3.22. The number of nitrogens with one attached hydrogen (secondary N) is 1. The van der Waals surface area contributed by atoms with Gasteiger partial charge in [0.15, 0.2) is 0 Å². The summed E-state index contributed by atoms with van der Waals surface area (Å²) in [6.45, 7) is 15.4. The highest BCUT2D eigenvalue weighted by Crippen LogP contribution is 2.23. The minimum Gasteiger partial charge on any atom is -0.494 e. The maximum atomic E-state index is 13.2. The van der Waals surface area contributed by atoms with Gasteiger partial charge in [0.2, 0.25) is 0 Å². The fourth-order valence-electron chi connectivity index (χ4n) is 3.22. The third kappa shape index (κ3) is 14.5. The van der Waals surface area contributed by atoms with Gasteiger partial charge in [-0.1, -0.05) is 12.1 Å². The van der Waals surface area contributed by atoms with Crippen LogP contribution in [0.2, 0.25) is 0 Å². The van der Waals surface area contributed by atoms with Gasteiger partial charge < -0.3 is 24.3 Å². The number of esters is 2. The van der Waals surface area contributed by atoms with E-state index in [2.05, 4.69) is 5.32 Å². The summed E-state index contributed by atoms with van der Waals surface area (Å²) in [7, 11) is 0. The van der Waals surface area contributed by atoms with Gasteiger partial charge in [0, 0.05) is 6.42 Å². The van der Waals surface area contributed by atoms with E-state index in [4.69, 9.17) is 18.9 Å². The minimum absolute atomic E-state index is 0.0577. The van der Waals surface area contributed by atoms with Gasteiger partial charge in [-0.15, -0.1) is 0 Å². The summed E-state index contributed by atoms with van der Waals surface area (Å²) in [5.41, 5.74) is -1.52. The van der Waals surface area contributed by atoms with Crippen LogP contribution in [0.4, 0.5) is 9.18 Å². The average molecular weight is 525 g/mol. The summed E-state index contributed by atoms with van der Waals surface area (Å²) >= 11 is 0. The summed E-state index contributed by atoms with van der Waals surface area (Å²) < 4.78 is 34.3. The normalized spacial score (nSPS) is 13.8. The second-order valence-electron chi connectivity index (χ2n) is 11.9. The smallest absolute Gasteiger partial charge is 0.408 e. The average Bonchev–Trinajstić information content (AvgIpc) is 2.70. The number of halogens is 1. The molecule has 1 aromatic rings. The van der Waals surface area contributed by atoms with E-state index in [1.807, 2.05) is 0 Å². The van der Waals surface area contributed by atoms with Crippen LogP contribution < -0.4 is 10.1 Å². The van der Waals surface area contributed by atoms with Crippen molar-refractivity contribution in [2.75, 3.05) is 13.3 Å². The SMILES string of the molecule is CC(C)(C)OC(=O)NC(CC(Cc1ccc(OCCC[18F])cc1)C(=O)OC(C)(C)C)C(=O)OC(C)(C)C. The molecule has 0 bridgehead atoms. The molecule has 37 heavy (non-hydrogen) atoms. The third-order valence-corrected chi connectivity index (χ3v) is 4.59. The van der Waals surface area contributed by atoms with E-state index in [1.165, 1.54) is 0 Å². The lowest BCUT2D eigenvalue weighted by atomic mass is 9.92. The summed E-state index contributed by atoms with van der Waals surface area (Å²) in [5.74, 6) is -1.37. The number of alkyl carbamates (subject to hydrolysis) is 1. The van der Waals surface area contributed by atoms with Crippen molar-refractivity contribution in [2.45, 2.75) is 104 Å². The Morgan fingerprint density at radius 3 is 1.81 bits per heavy atom. The third-order valence-electron chi connectivity index (χ3n) is 4.59. The lowest BCUT2D eigenvalue weighted by Gasteiger charge is -2.29. The summed E-state index contributed by atoms with van der Waals surface area (Å²) in [6.07, 6.45) is -0.299. The number of carbonyl (C=O) groups is 3. The van der Waals surface area contributed by atoms with Crippen molar-refractivity contribution in [1.29, 1.82) is 0 Å². The molecule has 0 fully saturated rings. The summed E-state index contributed by atoms with van der Waals surface area (Å²) in [6, 6.07) is 5.93. The van der Waals surface area contributed by atoms with Crippen LogP contribution in [0.5, 0.6) is 5.75 Å². The molecule has 0 aliphatic heterocycles. The van der Waals surface area contributed by atoms with Crippen molar-refractivity contribution < 1.29 is 37.7 Å². The second kappa shape index (κ2) is 13.6. The number of alkyl halides is 1. The van der Waals surface area contributed by atoms with E-state index in [0.717, 1.165) is 5.56 Å². The zero-order valence-corrected chi connectivity index (χ0v) is 23.7. The van der Waals surface area contributed by atoms with E-state index in [9.17, 15) is 18.8 Å². The molecule has 0 radical (unpaired) electrons. The number of amides is 1. The second-order valence-corrected chi connectivity index (χ2v) is 11.9. The highest BCUT2D eigenvalue weighted by Gasteiger charge is 2.35.